The number of allylic oxidation sites excluding steroid dienone is 1. The summed E-state index contributed by atoms with van der Waals surface area (Å²) in [4.78, 5) is 9.86. The van der Waals surface area contributed by atoms with Gasteiger partial charge in [0.2, 0.25) is 0 Å². The van der Waals surface area contributed by atoms with E-state index in [0.29, 0.717) is 5.57 Å². The molecular weight excluding hydrogens is 212 g/mol. The Kier molecular flexibility index (Phi) is 3.90. The maximum atomic E-state index is 9.86. The molecule has 0 aromatic heterocycles. The van der Waals surface area contributed by atoms with Gasteiger partial charge in [0.15, 0.2) is 0 Å². The van der Waals surface area contributed by atoms with E-state index < -0.39 is 5.97 Å². The Labute approximate surface area is 104 Å². The van der Waals surface area contributed by atoms with Gasteiger partial charge in [-0.1, -0.05) is 12.5 Å². The van der Waals surface area contributed by atoms with Crippen LogP contribution < -0.4 is 0 Å². The molecule has 0 aliphatic heterocycles. The highest BCUT2D eigenvalue weighted by molar-refractivity contribution is 5.85. The molecule has 0 aromatic carbocycles. The predicted octanol–water partition coefficient (Wildman–Crippen LogP) is 3.87. The maximum Gasteiger partial charge on any atom is 0.330 e. The number of carboxylic acid groups (broad SMARTS) is 1. The summed E-state index contributed by atoms with van der Waals surface area (Å²) in [7, 11) is 0. The van der Waals surface area contributed by atoms with Crippen molar-refractivity contribution in [3.8, 4) is 0 Å². The Morgan fingerprint density at radius 3 is 2.00 bits per heavy atom. The number of carbonyl (C=O) groups is 1. The summed E-state index contributed by atoms with van der Waals surface area (Å²) >= 11 is 0. The summed E-state index contributed by atoms with van der Waals surface area (Å²) in [6.07, 6.45) is 11.1. The Morgan fingerprint density at radius 1 is 1.12 bits per heavy atom. The summed E-state index contributed by atoms with van der Waals surface area (Å²) in [5, 5.41) is 8.11. The van der Waals surface area contributed by atoms with Gasteiger partial charge in [-0.25, -0.2) is 4.79 Å². The fraction of sp³-hybridized carbons (Fsp3) is 0.800. The topological polar surface area (TPSA) is 37.3 Å². The van der Waals surface area contributed by atoms with Gasteiger partial charge in [0, 0.05) is 5.57 Å². The molecule has 3 aliphatic rings. The van der Waals surface area contributed by atoms with Crippen molar-refractivity contribution < 1.29 is 9.90 Å². The zero-order valence-corrected chi connectivity index (χ0v) is 11.0. The van der Waals surface area contributed by atoms with Gasteiger partial charge in [-0.2, -0.15) is 0 Å². The van der Waals surface area contributed by atoms with Crippen LogP contribution in [-0.2, 0) is 4.79 Å². The first-order valence-electron chi connectivity index (χ1n) is 6.99. The molecule has 2 bridgehead atoms. The van der Waals surface area contributed by atoms with Gasteiger partial charge in [-0.05, 0) is 69.6 Å². The molecule has 0 aromatic rings. The normalized spacial score (nSPS) is 38.6. The van der Waals surface area contributed by atoms with Gasteiger partial charge in [-0.15, -0.1) is 0 Å². The van der Waals surface area contributed by atoms with Crippen molar-refractivity contribution in [1.29, 1.82) is 0 Å². The molecule has 0 saturated heterocycles. The fourth-order valence-electron chi connectivity index (χ4n) is 4.14. The average molecular weight is 236 g/mol. The third-order valence-corrected chi connectivity index (χ3v) is 5.12. The third-order valence-electron chi connectivity index (χ3n) is 5.12. The van der Waals surface area contributed by atoms with Crippen molar-refractivity contribution in [2.24, 2.45) is 23.7 Å². The fourth-order valence-corrected chi connectivity index (χ4v) is 4.14. The average Bonchev–Trinajstić information content (AvgIpc) is 3.00. The molecule has 2 heteroatoms. The lowest BCUT2D eigenvalue weighted by atomic mass is 9.82. The van der Waals surface area contributed by atoms with Crippen LogP contribution in [0.25, 0.3) is 0 Å². The molecule has 3 saturated carbocycles. The highest BCUT2D eigenvalue weighted by Crippen LogP contribution is 2.58. The highest BCUT2D eigenvalue weighted by Gasteiger charge is 2.48. The quantitative estimate of drug-likeness (QED) is 0.702. The molecule has 4 atom stereocenters. The van der Waals surface area contributed by atoms with E-state index in [-0.39, 0.29) is 0 Å². The van der Waals surface area contributed by atoms with Gasteiger partial charge >= 0.3 is 5.97 Å². The van der Waals surface area contributed by atoms with Gasteiger partial charge in [-0.3, -0.25) is 0 Å². The van der Waals surface area contributed by atoms with Crippen molar-refractivity contribution >= 4 is 5.97 Å². The van der Waals surface area contributed by atoms with Gasteiger partial charge in [0.05, 0.1) is 0 Å². The van der Waals surface area contributed by atoms with Crippen molar-refractivity contribution in [3.63, 3.8) is 0 Å². The monoisotopic (exact) mass is 236 g/mol. The SMILES string of the molecule is C1CC2C3CCC(C3)C2C1.CC=C(C)C(=O)O. The smallest absolute Gasteiger partial charge is 0.330 e. The molecule has 0 amide bonds. The van der Waals surface area contributed by atoms with Crippen LogP contribution in [-0.4, -0.2) is 11.1 Å². The number of rotatable bonds is 1. The van der Waals surface area contributed by atoms with Crippen molar-refractivity contribution in [3.05, 3.63) is 11.6 Å². The van der Waals surface area contributed by atoms with Gasteiger partial charge in [0.25, 0.3) is 0 Å². The number of carboxylic acids is 1. The van der Waals surface area contributed by atoms with Crippen LogP contribution in [0.1, 0.15) is 52.4 Å². The second-order valence-electron chi connectivity index (χ2n) is 5.87. The lowest BCUT2D eigenvalue weighted by molar-refractivity contribution is -0.132. The molecule has 1 N–H and O–H groups in total. The molecule has 4 unspecified atom stereocenters. The highest BCUT2D eigenvalue weighted by atomic mass is 16.4. The first kappa shape index (κ1) is 12.7. The lowest BCUT2D eigenvalue weighted by Gasteiger charge is -2.23. The largest absolute Gasteiger partial charge is 0.478 e. The molecule has 96 valence electrons. The lowest BCUT2D eigenvalue weighted by Crippen LogP contribution is -2.15. The molecule has 2 nitrogen and oxygen atoms in total. The van der Waals surface area contributed by atoms with E-state index in [1.165, 1.54) is 23.7 Å². The summed E-state index contributed by atoms with van der Waals surface area (Å²) in [6.45, 7) is 3.26. The Balaban J connectivity index is 0.000000139. The first-order valence-corrected chi connectivity index (χ1v) is 6.99. The van der Waals surface area contributed by atoms with Gasteiger partial charge in [0.1, 0.15) is 0 Å². The number of hydrogen-bond donors (Lipinski definition) is 1. The van der Waals surface area contributed by atoms with Crippen molar-refractivity contribution in [2.75, 3.05) is 0 Å². The van der Waals surface area contributed by atoms with Crippen LogP contribution >= 0.6 is 0 Å². The van der Waals surface area contributed by atoms with E-state index >= 15 is 0 Å². The van der Waals surface area contributed by atoms with E-state index in [4.69, 9.17) is 5.11 Å². The third kappa shape index (κ3) is 2.56. The zero-order valence-electron chi connectivity index (χ0n) is 11.0. The second-order valence-corrected chi connectivity index (χ2v) is 5.87. The molecule has 0 spiro atoms. The van der Waals surface area contributed by atoms with E-state index in [9.17, 15) is 4.79 Å². The van der Waals surface area contributed by atoms with Crippen LogP contribution in [0.15, 0.2) is 11.6 Å². The number of aliphatic carboxylic acids is 1. The Hall–Kier alpha value is -0.790. The standard InChI is InChI=1S/C10H16.C5H8O2/c1-2-9-7-4-5-8(6-7)10(9)3-1;1-3-4(2)5(6)7/h7-10H,1-6H2;3H,1-2H3,(H,6,7). The van der Waals surface area contributed by atoms with Crippen LogP contribution in [0.3, 0.4) is 0 Å². The van der Waals surface area contributed by atoms with Crippen LogP contribution in [0, 0.1) is 23.7 Å². The first-order chi connectivity index (χ1) is 8.13. The molecule has 3 aliphatic carbocycles. The van der Waals surface area contributed by atoms with Crippen molar-refractivity contribution in [1.82, 2.24) is 0 Å². The minimum absolute atomic E-state index is 0.389. The number of hydrogen-bond acceptors (Lipinski definition) is 1. The minimum Gasteiger partial charge on any atom is -0.478 e. The summed E-state index contributed by atoms with van der Waals surface area (Å²) < 4.78 is 0. The Bertz CT molecular complexity index is 303. The van der Waals surface area contributed by atoms with Crippen LogP contribution in [0.2, 0.25) is 0 Å². The second kappa shape index (κ2) is 5.24. The molecule has 0 heterocycles. The maximum absolute atomic E-state index is 9.86. The molecule has 3 rings (SSSR count). The van der Waals surface area contributed by atoms with Crippen molar-refractivity contribution in [2.45, 2.75) is 52.4 Å². The number of fused-ring (bicyclic) bond motifs is 5. The molecular formula is C15H24O2. The zero-order chi connectivity index (χ0) is 12.4. The molecule has 17 heavy (non-hydrogen) atoms. The predicted molar refractivity (Wildman–Crippen MR) is 68.7 cm³/mol. The summed E-state index contributed by atoms with van der Waals surface area (Å²) in [5.41, 5.74) is 0.389. The van der Waals surface area contributed by atoms with Crippen LogP contribution in [0.4, 0.5) is 0 Å². The molecule has 3 fully saturated rings. The van der Waals surface area contributed by atoms with E-state index in [1.54, 1.807) is 58.4 Å². The molecule has 0 radical (unpaired) electrons. The summed E-state index contributed by atoms with van der Waals surface area (Å²) in [5.74, 6) is 3.95. The Morgan fingerprint density at radius 2 is 1.65 bits per heavy atom. The van der Waals surface area contributed by atoms with E-state index in [2.05, 4.69) is 0 Å². The minimum atomic E-state index is -0.845. The van der Waals surface area contributed by atoms with Gasteiger partial charge < -0.3 is 5.11 Å². The van der Waals surface area contributed by atoms with Crippen LogP contribution in [0.5, 0.6) is 0 Å². The van der Waals surface area contributed by atoms with E-state index in [0.717, 1.165) is 0 Å². The van der Waals surface area contributed by atoms with E-state index in [1.807, 2.05) is 0 Å². The summed E-state index contributed by atoms with van der Waals surface area (Å²) in [6, 6.07) is 0.